The van der Waals surface area contributed by atoms with E-state index in [2.05, 4.69) is 74.0 Å². The molecule has 1 aromatic carbocycles. The van der Waals surface area contributed by atoms with Gasteiger partial charge in [-0.05, 0) is 50.9 Å². The number of hydrogen-bond acceptors (Lipinski definition) is 2. The van der Waals surface area contributed by atoms with E-state index in [0.717, 1.165) is 25.2 Å². The van der Waals surface area contributed by atoms with Crippen LogP contribution in [0.25, 0.3) is 11.1 Å². The second-order valence-corrected chi connectivity index (χ2v) is 5.67. The first kappa shape index (κ1) is 15.8. The third kappa shape index (κ3) is 3.35. The summed E-state index contributed by atoms with van der Waals surface area (Å²) in [5.41, 5.74) is 6.27. The summed E-state index contributed by atoms with van der Waals surface area (Å²) in [6.45, 7) is 12.8. The molecule has 2 aromatic rings. The van der Waals surface area contributed by atoms with Gasteiger partial charge >= 0.3 is 0 Å². The Morgan fingerprint density at radius 2 is 2.00 bits per heavy atom. The average Bonchev–Trinajstić information content (AvgIpc) is 2.74. The van der Waals surface area contributed by atoms with Crippen molar-refractivity contribution in [1.82, 2.24) is 15.1 Å². The van der Waals surface area contributed by atoms with Crippen molar-refractivity contribution in [1.29, 1.82) is 0 Å². The van der Waals surface area contributed by atoms with E-state index in [1.54, 1.807) is 0 Å². The molecular formula is C18H27N3. The van der Waals surface area contributed by atoms with Crippen LogP contribution < -0.4 is 5.32 Å². The maximum Gasteiger partial charge on any atom is 0.0674 e. The number of rotatable bonds is 6. The highest BCUT2D eigenvalue weighted by Crippen LogP contribution is 2.29. The number of aromatic nitrogens is 2. The van der Waals surface area contributed by atoms with Gasteiger partial charge in [-0.25, -0.2) is 0 Å². The molecule has 1 heterocycles. The standard InChI is InChI=1S/C18H27N3/c1-6-11-21-15(5)18(14(4)20-21)17-10-8-9-16(12-17)13(3)19-7-2/h8-10,12-13,19H,6-7,11H2,1-5H3. The van der Waals surface area contributed by atoms with E-state index in [9.17, 15) is 0 Å². The Kier molecular flexibility index (Phi) is 5.18. The van der Waals surface area contributed by atoms with Gasteiger partial charge in [0.2, 0.25) is 0 Å². The van der Waals surface area contributed by atoms with E-state index in [4.69, 9.17) is 0 Å². The van der Waals surface area contributed by atoms with Gasteiger partial charge in [0, 0.05) is 23.8 Å². The summed E-state index contributed by atoms with van der Waals surface area (Å²) in [6, 6.07) is 9.20. The van der Waals surface area contributed by atoms with Crippen molar-refractivity contribution >= 4 is 0 Å². The highest BCUT2D eigenvalue weighted by Gasteiger charge is 2.14. The molecule has 21 heavy (non-hydrogen) atoms. The van der Waals surface area contributed by atoms with Crippen LogP contribution >= 0.6 is 0 Å². The van der Waals surface area contributed by atoms with E-state index < -0.39 is 0 Å². The van der Waals surface area contributed by atoms with Crippen molar-refractivity contribution in [3.05, 3.63) is 41.2 Å². The van der Waals surface area contributed by atoms with Crippen LogP contribution in [0, 0.1) is 13.8 Å². The summed E-state index contributed by atoms with van der Waals surface area (Å²) in [5.74, 6) is 0. The summed E-state index contributed by atoms with van der Waals surface area (Å²) in [4.78, 5) is 0. The Bertz CT molecular complexity index is 599. The van der Waals surface area contributed by atoms with E-state index in [1.807, 2.05) is 0 Å². The molecule has 3 nitrogen and oxygen atoms in total. The van der Waals surface area contributed by atoms with Crippen LogP contribution in [0.15, 0.2) is 24.3 Å². The molecule has 2 rings (SSSR count). The number of benzene rings is 1. The summed E-state index contributed by atoms with van der Waals surface area (Å²) in [5, 5.41) is 8.16. The molecule has 0 aliphatic heterocycles. The third-order valence-corrected chi connectivity index (χ3v) is 4.00. The van der Waals surface area contributed by atoms with Crippen LogP contribution in [0.3, 0.4) is 0 Å². The van der Waals surface area contributed by atoms with E-state index in [-0.39, 0.29) is 0 Å². The minimum Gasteiger partial charge on any atom is -0.310 e. The van der Waals surface area contributed by atoms with Crippen molar-refractivity contribution in [3.63, 3.8) is 0 Å². The van der Waals surface area contributed by atoms with Gasteiger partial charge < -0.3 is 5.32 Å². The van der Waals surface area contributed by atoms with Crippen LogP contribution in [-0.4, -0.2) is 16.3 Å². The molecule has 1 atom stereocenters. The van der Waals surface area contributed by atoms with Gasteiger partial charge in [-0.2, -0.15) is 5.10 Å². The molecule has 0 saturated heterocycles. The second kappa shape index (κ2) is 6.90. The molecule has 0 aliphatic rings. The van der Waals surface area contributed by atoms with Crippen LogP contribution in [0.1, 0.15) is 50.2 Å². The molecule has 1 aromatic heterocycles. The van der Waals surface area contributed by atoms with E-state index >= 15 is 0 Å². The van der Waals surface area contributed by atoms with Crippen LogP contribution in [0.5, 0.6) is 0 Å². The highest BCUT2D eigenvalue weighted by atomic mass is 15.3. The van der Waals surface area contributed by atoms with Crippen molar-refractivity contribution < 1.29 is 0 Å². The molecule has 1 unspecified atom stereocenters. The molecule has 0 amide bonds. The molecule has 0 spiro atoms. The molecule has 3 heteroatoms. The first-order valence-corrected chi connectivity index (χ1v) is 7.96. The molecular weight excluding hydrogens is 258 g/mol. The third-order valence-electron chi connectivity index (χ3n) is 4.00. The van der Waals surface area contributed by atoms with Gasteiger partial charge in [-0.1, -0.05) is 32.0 Å². The van der Waals surface area contributed by atoms with Gasteiger partial charge in [0.1, 0.15) is 0 Å². The Morgan fingerprint density at radius 3 is 2.67 bits per heavy atom. The van der Waals surface area contributed by atoms with Gasteiger partial charge in [-0.3, -0.25) is 4.68 Å². The highest BCUT2D eigenvalue weighted by molar-refractivity contribution is 5.69. The number of nitrogens with one attached hydrogen (secondary N) is 1. The van der Waals surface area contributed by atoms with Gasteiger partial charge in [0.15, 0.2) is 0 Å². The van der Waals surface area contributed by atoms with Gasteiger partial charge in [0.05, 0.1) is 5.69 Å². The maximum absolute atomic E-state index is 4.69. The zero-order valence-corrected chi connectivity index (χ0v) is 13.9. The normalized spacial score (nSPS) is 12.6. The number of hydrogen-bond donors (Lipinski definition) is 1. The first-order valence-electron chi connectivity index (χ1n) is 7.96. The molecule has 0 fully saturated rings. The average molecular weight is 285 g/mol. The zero-order chi connectivity index (χ0) is 15.4. The van der Waals surface area contributed by atoms with Crippen LogP contribution in [-0.2, 0) is 6.54 Å². The second-order valence-electron chi connectivity index (χ2n) is 5.67. The summed E-state index contributed by atoms with van der Waals surface area (Å²) < 4.78 is 2.13. The maximum atomic E-state index is 4.69. The molecule has 0 saturated carbocycles. The Morgan fingerprint density at radius 1 is 1.24 bits per heavy atom. The van der Waals surface area contributed by atoms with Crippen LogP contribution in [0.2, 0.25) is 0 Å². The van der Waals surface area contributed by atoms with Crippen LogP contribution in [0.4, 0.5) is 0 Å². The fourth-order valence-corrected chi connectivity index (χ4v) is 2.93. The topological polar surface area (TPSA) is 29.9 Å². The Balaban J connectivity index is 2.40. The van der Waals surface area contributed by atoms with E-state index in [0.29, 0.717) is 6.04 Å². The molecule has 1 N–H and O–H groups in total. The minimum atomic E-state index is 0.376. The Hall–Kier alpha value is -1.61. The monoisotopic (exact) mass is 285 g/mol. The first-order chi connectivity index (χ1) is 10.1. The lowest BCUT2D eigenvalue weighted by Gasteiger charge is -2.14. The smallest absolute Gasteiger partial charge is 0.0674 e. The molecule has 114 valence electrons. The number of aryl methyl sites for hydroxylation is 2. The van der Waals surface area contributed by atoms with Crippen molar-refractivity contribution in [3.8, 4) is 11.1 Å². The van der Waals surface area contributed by atoms with Crippen molar-refractivity contribution in [2.45, 2.75) is 53.6 Å². The predicted octanol–water partition coefficient (Wildman–Crippen LogP) is 4.25. The lowest BCUT2D eigenvalue weighted by molar-refractivity contribution is 0.583. The summed E-state index contributed by atoms with van der Waals surface area (Å²) >= 11 is 0. The Labute approximate surface area is 128 Å². The van der Waals surface area contributed by atoms with Gasteiger partial charge in [0.25, 0.3) is 0 Å². The predicted molar refractivity (Wildman–Crippen MR) is 89.5 cm³/mol. The van der Waals surface area contributed by atoms with Crippen molar-refractivity contribution in [2.24, 2.45) is 0 Å². The van der Waals surface area contributed by atoms with Gasteiger partial charge in [-0.15, -0.1) is 0 Å². The quantitative estimate of drug-likeness (QED) is 0.860. The zero-order valence-electron chi connectivity index (χ0n) is 13.9. The molecule has 0 radical (unpaired) electrons. The summed E-state index contributed by atoms with van der Waals surface area (Å²) in [6.07, 6.45) is 1.11. The minimum absolute atomic E-state index is 0.376. The molecule has 0 bridgehead atoms. The number of nitrogens with zero attached hydrogens (tertiary/aromatic N) is 2. The van der Waals surface area contributed by atoms with E-state index in [1.165, 1.54) is 22.4 Å². The SMILES string of the molecule is CCCn1nc(C)c(-c2cccc(C(C)NCC)c2)c1C. The molecule has 0 aliphatic carbocycles. The fraction of sp³-hybridized carbons (Fsp3) is 0.500. The largest absolute Gasteiger partial charge is 0.310 e. The fourth-order valence-electron chi connectivity index (χ4n) is 2.93. The lowest BCUT2D eigenvalue weighted by Crippen LogP contribution is -2.17. The lowest BCUT2D eigenvalue weighted by atomic mass is 9.99. The van der Waals surface area contributed by atoms with Crippen molar-refractivity contribution in [2.75, 3.05) is 6.54 Å². The summed E-state index contributed by atoms with van der Waals surface area (Å²) in [7, 11) is 0.